The summed E-state index contributed by atoms with van der Waals surface area (Å²) in [6, 6.07) is 3.71. The van der Waals surface area contributed by atoms with E-state index in [0.29, 0.717) is 16.3 Å². The summed E-state index contributed by atoms with van der Waals surface area (Å²) in [4.78, 5) is 11.1. The maximum atomic E-state index is 10.1. The summed E-state index contributed by atoms with van der Waals surface area (Å²) in [6.45, 7) is 0. The van der Waals surface area contributed by atoms with Crippen molar-refractivity contribution in [3.05, 3.63) is 33.8 Å². The van der Waals surface area contributed by atoms with Gasteiger partial charge < -0.3 is 0 Å². The number of halogens is 2. The highest BCUT2D eigenvalue weighted by atomic mass is 35.5. The van der Waals surface area contributed by atoms with Crippen LogP contribution in [-0.2, 0) is 4.79 Å². The van der Waals surface area contributed by atoms with Crippen molar-refractivity contribution in [2.45, 2.75) is 4.90 Å². The molecule has 1 aromatic carbocycles. The van der Waals surface area contributed by atoms with Gasteiger partial charge in [0.15, 0.2) is 0 Å². The zero-order chi connectivity index (χ0) is 10.6. The van der Waals surface area contributed by atoms with E-state index in [1.54, 1.807) is 6.08 Å². The number of benzene rings is 1. The van der Waals surface area contributed by atoms with Gasteiger partial charge in [-0.3, -0.25) is 4.79 Å². The van der Waals surface area contributed by atoms with Crippen LogP contribution in [0.5, 0.6) is 0 Å². The number of allylic oxidation sites excluding steroid dienone is 1. The van der Waals surface area contributed by atoms with Crippen molar-refractivity contribution in [3.8, 4) is 0 Å². The molecule has 74 valence electrons. The Morgan fingerprint density at radius 1 is 1.29 bits per heavy atom. The fourth-order valence-electron chi connectivity index (χ4n) is 0.976. The van der Waals surface area contributed by atoms with Crippen molar-refractivity contribution in [1.82, 2.24) is 0 Å². The van der Waals surface area contributed by atoms with Gasteiger partial charge in [-0.15, -0.1) is 11.8 Å². The molecule has 0 heterocycles. The normalized spacial score (nSPS) is 10.8. The molecule has 4 heteroatoms. The lowest BCUT2D eigenvalue weighted by molar-refractivity contribution is -0.104. The molecule has 0 N–H and O–H groups in total. The molecule has 0 amide bonds. The Bertz CT molecular complexity index is 375. The molecule has 0 atom stereocenters. The lowest BCUT2D eigenvalue weighted by atomic mass is 10.2. The molecule has 0 saturated carbocycles. The Balaban J connectivity index is 3.16. The Morgan fingerprint density at radius 2 is 2.00 bits per heavy atom. The first-order valence-corrected chi connectivity index (χ1v) is 5.82. The van der Waals surface area contributed by atoms with Crippen molar-refractivity contribution in [2.24, 2.45) is 0 Å². The van der Waals surface area contributed by atoms with E-state index in [2.05, 4.69) is 0 Å². The SMILES string of the molecule is CSc1ccc(/C=C/C=O)c(Cl)c1Cl. The van der Waals surface area contributed by atoms with E-state index in [9.17, 15) is 4.79 Å². The summed E-state index contributed by atoms with van der Waals surface area (Å²) in [6.07, 6.45) is 5.65. The van der Waals surface area contributed by atoms with E-state index in [1.807, 2.05) is 18.4 Å². The van der Waals surface area contributed by atoms with E-state index < -0.39 is 0 Å². The topological polar surface area (TPSA) is 17.1 Å². The minimum Gasteiger partial charge on any atom is -0.299 e. The molecule has 0 fully saturated rings. The van der Waals surface area contributed by atoms with Gasteiger partial charge in [0.05, 0.1) is 10.0 Å². The van der Waals surface area contributed by atoms with Gasteiger partial charge in [-0.25, -0.2) is 0 Å². The molecular weight excluding hydrogens is 239 g/mol. The summed E-state index contributed by atoms with van der Waals surface area (Å²) in [5, 5.41) is 1.02. The van der Waals surface area contributed by atoms with E-state index in [0.717, 1.165) is 10.5 Å². The first kappa shape index (κ1) is 11.6. The van der Waals surface area contributed by atoms with Gasteiger partial charge in [-0.2, -0.15) is 0 Å². The number of hydrogen-bond acceptors (Lipinski definition) is 2. The lowest BCUT2D eigenvalue weighted by Gasteiger charge is -2.05. The van der Waals surface area contributed by atoms with Gasteiger partial charge in [0, 0.05) is 4.90 Å². The van der Waals surface area contributed by atoms with Crippen LogP contribution in [0.25, 0.3) is 6.08 Å². The minimum absolute atomic E-state index is 0.483. The molecule has 1 nitrogen and oxygen atoms in total. The van der Waals surface area contributed by atoms with Gasteiger partial charge in [0.1, 0.15) is 6.29 Å². The molecule has 1 aromatic rings. The smallest absolute Gasteiger partial charge is 0.142 e. The second-order valence-corrected chi connectivity index (χ2v) is 4.08. The number of aldehydes is 1. The van der Waals surface area contributed by atoms with Crippen LogP contribution in [0.3, 0.4) is 0 Å². The Kier molecular flexibility index (Phi) is 4.52. The fraction of sp³-hybridized carbons (Fsp3) is 0.100. The van der Waals surface area contributed by atoms with Crippen molar-refractivity contribution >= 4 is 47.3 Å². The predicted molar refractivity (Wildman–Crippen MR) is 63.3 cm³/mol. The zero-order valence-electron chi connectivity index (χ0n) is 7.46. The lowest BCUT2D eigenvalue weighted by Crippen LogP contribution is -1.80. The first-order valence-electron chi connectivity index (χ1n) is 3.84. The van der Waals surface area contributed by atoms with Crippen LogP contribution in [0.2, 0.25) is 10.0 Å². The van der Waals surface area contributed by atoms with Crippen LogP contribution in [0.15, 0.2) is 23.1 Å². The van der Waals surface area contributed by atoms with Crippen molar-refractivity contribution < 1.29 is 4.79 Å². The maximum absolute atomic E-state index is 10.1. The summed E-state index contributed by atoms with van der Waals surface area (Å²) in [5.41, 5.74) is 0.751. The molecule has 0 aliphatic heterocycles. The van der Waals surface area contributed by atoms with Crippen LogP contribution >= 0.6 is 35.0 Å². The molecule has 0 bridgehead atoms. The zero-order valence-corrected chi connectivity index (χ0v) is 9.79. The second-order valence-electron chi connectivity index (χ2n) is 2.48. The Labute approximate surface area is 97.1 Å². The van der Waals surface area contributed by atoms with Crippen molar-refractivity contribution in [3.63, 3.8) is 0 Å². The van der Waals surface area contributed by atoms with Gasteiger partial charge in [-0.05, 0) is 24.0 Å². The highest BCUT2D eigenvalue weighted by Crippen LogP contribution is 2.34. The monoisotopic (exact) mass is 246 g/mol. The van der Waals surface area contributed by atoms with Gasteiger partial charge in [-0.1, -0.05) is 35.3 Å². The van der Waals surface area contributed by atoms with Gasteiger partial charge in [0.2, 0.25) is 0 Å². The number of carbonyl (C=O) groups is 1. The summed E-state index contributed by atoms with van der Waals surface area (Å²) in [7, 11) is 0. The van der Waals surface area contributed by atoms with E-state index in [1.165, 1.54) is 17.8 Å². The molecule has 0 unspecified atom stereocenters. The first-order chi connectivity index (χ1) is 6.70. The summed E-state index contributed by atoms with van der Waals surface area (Å²) < 4.78 is 0. The van der Waals surface area contributed by atoms with Crippen molar-refractivity contribution in [1.29, 1.82) is 0 Å². The molecule has 0 saturated heterocycles. The molecule has 0 aromatic heterocycles. The van der Waals surface area contributed by atoms with E-state index >= 15 is 0 Å². The molecule has 0 spiro atoms. The standard InChI is InChI=1S/C10H8Cl2OS/c1-14-8-5-4-7(3-2-6-13)9(11)10(8)12/h2-6H,1H3/b3-2+. The molecular formula is C10H8Cl2OS. The molecule has 0 aliphatic carbocycles. The van der Waals surface area contributed by atoms with Crippen LogP contribution in [-0.4, -0.2) is 12.5 Å². The summed E-state index contributed by atoms with van der Waals surface area (Å²) in [5.74, 6) is 0. The summed E-state index contributed by atoms with van der Waals surface area (Å²) >= 11 is 13.5. The van der Waals surface area contributed by atoms with Crippen LogP contribution in [0.1, 0.15) is 5.56 Å². The molecule has 0 aliphatic rings. The minimum atomic E-state index is 0.483. The van der Waals surface area contributed by atoms with Crippen LogP contribution in [0.4, 0.5) is 0 Å². The second kappa shape index (κ2) is 5.44. The average molecular weight is 247 g/mol. The molecule has 14 heavy (non-hydrogen) atoms. The third kappa shape index (κ3) is 2.53. The average Bonchev–Trinajstić information content (AvgIpc) is 2.20. The number of rotatable bonds is 3. The van der Waals surface area contributed by atoms with E-state index in [4.69, 9.17) is 23.2 Å². The highest BCUT2D eigenvalue weighted by molar-refractivity contribution is 7.98. The number of thioether (sulfide) groups is 1. The Hall–Kier alpha value is -0.440. The third-order valence-corrected chi connectivity index (χ3v) is 3.44. The largest absolute Gasteiger partial charge is 0.299 e. The quantitative estimate of drug-likeness (QED) is 0.457. The van der Waals surface area contributed by atoms with Gasteiger partial charge >= 0.3 is 0 Å². The molecule has 1 rings (SSSR count). The fourth-order valence-corrected chi connectivity index (χ4v) is 2.15. The van der Waals surface area contributed by atoms with Gasteiger partial charge in [0.25, 0.3) is 0 Å². The highest BCUT2D eigenvalue weighted by Gasteiger charge is 2.06. The van der Waals surface area contributed by atoms with E-state index in [-0.39, 0.29) is 0 Å². The predicted octanol–water partition coefficient (Wildman–Crippen LogP) is 3.93. The number of hydrogen-bond donors (Lipinski definition) is 0. The third-order valence-electron chi connectivity index (χ3n) is 1.65. The van der Waals surface area contributed by atoms with Crippen LogP contribution < -0.4 is 0 Å². The van der Waals surface area contributed by atoms with Crippen LogP contribution in [0, 0.1) is 0 Å². The molecule has 0 radical (unpaired) electrons. The maximum Gasteiger partial charge on any atom is 0.142 e. The number of carbonyl (C=O) groups excluding carboxylic acids is 1. The van der Waals surface area contributed by atoms with Crippen molar-refractivity contribution in [2.75, 3.05) is 6.26 Å². The Morgan fingerprint density at radius 3 is 2.57 bits per heavy atom.